The average molecular weight is 250 g/mol. The smallest absolute Gasteiger partial charge is 0.224 e. The molecule has 1 unspecified atom stereocenters. The van der Waals surface area contributed by atoms with Gasteiger partial charge in [0.1, 0.15) is 0 Å². The Hall–Kier alpha value is -1.36. The van der Waals surface area contributed by atoms with E-state index in [2.05, 4.69) is 15.7 Å². The van der Waals surface area contributed by atoms with Gasteiger partial charge in [0.2, 0.25) is 5.91 Å². The summed E-state index contributed by atoms with van der Waals surface area (Å²) in [6, 6.07) is 0. The van der Waals surface area contributed by atoms with Crippen LogP contribution in [0.4, 0.5) is 5.69 Å². The summed E-state index contributed by atoms with van der Waals surface area (Å²) in [5, 5.41) is 10.6. The molecule has 2 heterocycles. The molecule has 0 radical (unpaired) electrons. The molecule has 0 bridgehead atoms. The lowest BCUT2D eigenvalue weighted by Crippen LogP contribution is -2.15. The summed E-state index contributed by atoms with van der Waals surface area (Å²) in [4.78, 5) is 11.9. The van der Waals surface area contributed by atoms with Crippen molar-refractivity contribution in [2.75, 3.05) is 18.4 Å². The van der Waals surface area contributed by atoms with E-state index in [9.17, 15) is 4.79 Å². The van der Waals surface area contributed by atoms with E-state index in [1.807, 2.05) is 20.2 Å². The maximum Gasteiger partial charge on any atom is 0.224 e. The van der Waals surface area contributed by atoms with Crippen LogP contribution in [0.1, 0.15) is 31.9 Å². The van der Waals surface area contributed by atoms with Crippen molar-refractivity contribution in [3.63, 3.8) is 0 Å². The highest BCUT2D eigenvalue weighted by Gasteiger charge is 2.16. The van der Waals surface area contributed by atoms with Gasteiger partial charge in [-0.3, -0.25) is 9.48 Å². The molecule has 5 heteroatoms. The second kappa shape index (κ2) is 6.00. The van der Waals surface area contributed by atoms with Crippen LogP contribution in [0, 0.1) is 5.92 Å². The third kappa shape index (κ3) is 3.32. The topological polar surface area (TPSA) is 59.0 Å². The van der Waals surface area contributed by atoms with Crippen molar-refractivity contribution in [3.05, 3.63) is 11.9 Å². The largest absolute Gasteiger partial charge is 0.323 e. The lowest BCUT2D eigenvalue weighted by Gasteiger charge is -2.08. The van der Waals surface area contributed by atoms with Crippen LogP contribution in [0.3, 0.4) is 0 Å². The number of carbonyl (C=O) groups excluding carboxylic acids is 1. The summed E-state index contributed by atoms with van der Waals surface area (Å²) in [5.74, 6) is 0.764. The first-order valence-corrected chi connectivity index (χ1v) is 6.72. The minimum Gasteiger partial charge on any atom is -0.323 e. The van der Waals surface area contributed by atoms with Gasteiger partial charge in [-0.05, 0) is 38.3 Å². The Labute approximate surface area is 108 Å². The molecule has 1 aliphatic heterocycles. The first-order chi connectivity index (χ1) is 8.69. The van der Waals surface area contributed by atoms with E-state index >= 15 is 0 Å². The Morgan fingerprint density at radius 2 is 2.50 bits per heavy atom. The van der Waals surface area contributed by atoms with E-state index in [0.717, 1.165) is 37.3 Å². The van der Waals surface area contributed by atoms with E-state index in [0.29, 0.717) is 12.3 Å². The van der Waals surface area contributed by atoms with Crippen LogP contribution in [0.25, 0.3) is 0 Å². The van der Waals surface area contributed by atoms with Gasteiger partial charge in [0, 0.05) is 19.7 Å². The highest BCUT2D eigenvalue weighted by atomic mass is 16.1. The van der Waals surface area contributed by atoms with Crippen molar-refractivity contribution < 1.29 is 4.79 Å². The Bertz CT molecular complexity index is 407. The lowest BCUT2D eigenvalue weighted by atomic mass is 10.0. The first-order valence-electron chi connectivity index (χ1n) is 6.72. The van der Waals surface area contributed by atoms with Crippen LogP contribution in [0.5, 0.6) is 0 Å². The summed E-state index contributed by atoms with van der Waals surface area (Å²) in [7, 11) is 1.87. The zero-order valence-electron chi connectivity index (χ0n) is 11.2. The van der Waals surface area contributed by atoms with Crippen molar-refractivity contribution in [2.24, 2.45) is 13.0 Å². The van der Waals surface area contributed by atoms with E-state index in [4.69, 9.17) is 0 Å². The predicted octanol–water partition coefficient (Wildman–Crippen LogP) is 1.31. The minimum absolute atomic E-state index is 0.101. The van der Waals surface area contributed by atoms with Gasteiger partial charge >= 0.3 is 0 Å². The minimum atomic E-state index is 0.101. The molecule has 0 spiro atoms. The van der Waals surface area contributed by atoms with Crippen LogP contribution in [-0.4, -0.2) is 28.8 Å². The van der Waals surface area contributed by atoms with Gasteiger partial charge in [-0.2, -0.15) is 5.10 Å². The van der Waals surface area contributed by atoms with E-state index < -0.39 is 0 Å². The third-order valence-corrected chi connectivity index (χ3v) is 3.46. The number of aryl methyl sites for hydroxylation is 2. The highest BCUT2D eigenvalue weighted by Crippen LogP contribution is 2.17. The quantitative estimate of drug-likeness (QED) is 0.828. The second-order valence-corrected chi connectivity index (χ2v) is 4.96. The molecule has 1 aliphatic rings. The standard InChI is InChI=1S/C13H22N4O/c1-3-11-12(9-17(2)16-11)15-13(18)5-4-10-6-7-14-8-10/h9-10,14H,3-8H2,1-2H3,(H,15,18). The molecule has 5 nitrogen and oxygen atoms in total. The average Bonchev–Trinajstić information content (AvgIpc) is 2.96. The fourth-order valence-corrected chi connectivity index (χ4v) is 2.41. The van der Waals surface area contributed by atoms with Gasteiger partial charge in [0.05, 0.1) is 11.4 Å². The van der Waals surface area contributed by atoms with Crippen molar-refractivity contribution in [3.8, 4) is 0 Å². The molecule has 1 fully saturated rings. The highest BCUT2D eigenvalue weighted by molar-refractivity contribution is 5.91. The van der Waals surface area contributed by atoms with E-state index in [-0.39, 0.29) is 5.91 Å². The molecule has 0 aliphatic carbocycles. The van der Waals surface area contributed by atoms with Crippen molar-refractivity contribution >= 4 is 11.6 Å². The Balaban J connectivity index is 1.82. The summed E-state index contributed by atoms with van der Waals surface area (Å²) in [6.07, 6.45) is 5.47. The molecule has 100 valence electrons. The van der Waals surface area contributed by atoms with Crippen LogP contribution >= 0.6 is 0 Å². The first kappa shape index (κ1) is 13.1. The van der Waals surface area contributed by atoms with Gasteiger partial charge in [0.25, 0.3) is 0 Å². The fourth-order valence-electron chi connectivity index (χ4n) is 2.41. The van der Waals surface area contributed by atoms with Gasteiger partial charge in [0.15, 0.2) is 0 Å². The number of nitrogens with one attached hydrogen (secondary N) is 2. The van der Waals surface area contributed by atoms with E-state index in [1.54, 1.807) is 4.68 Å². The molecule has 18 heavy (non-hydrogen) atoms. The Kier molecular flexibility index (Phi) is 4.36. The third-order valence-electron chi connectivity index (χ3n) is 3.46. The number of nitrogens with zero attached hydrogens (tertiary/aromatic N) is 2. The fraction of sp³-hybridized carbons (Fsp3) is 0.692. The normalized spacial score (nSPS) is 19.1. The molecule has 1 saturated heterocycles. The van der Waals surface area contributed by atoms with E-state index in [1.165, 1.54) is 6.42 Å². The number of rotatable bonds is 5. The second-order valence-electron chi connectivity index (χ2n) is 4.96. The molecule has 2 rings (SSSR count). The van der Waals surface area contributed by atoms with Crippen LogP contribution in [-0.2, 0) is 18.3 Å². The summed E-state index contributed by atoms with van der Waals surface area (Å²) in [6.45, 7) is 4.19. The molecule has 0 saturated carbocycles. The number of anilines is 1. The molecule has 1 atom stereocenters. The molecule has 1 aromatic rings. The molecular formula is C13H22N4O. The predicted molar refractivity (Wildman–Crippen MR) is 71.4 cm³/mol. The van der Waals surface area contributed by atoms with Crippen molar-refractivity contribution in [1.29, 1.82) is 0 Å². The Morgan fingerprint density at radius 3 is 3.17 bits per heavy atom. The van der Waals surface area contributed by atoms with Crippen LogP contribution < -0.4 is 10.6 Å². The molecule has 0 aromatic carbocycles. The zero-order valence-corrected chi connectivity index (χ0v) is 11.2. The number of hydrogen-bond donors (Lipinski definition) is 2. The number of amides is 1. The van der Waals surface area contributed by atoms with Crippen LogP contribution in [0.15, 0.2) is 6.20 Å². The lowest BCUT2D eigenvalue weighted by molar-refractivity contribution is -0.116. The molecule has 1 aromatic heterocycles. The molecule has 2 N–H and O–H groups in total. The number of carbonyl (C=O) groups is 1. The maximum atomic E-state index is 11.9. The van der Waals surface area contributed by atoms with Crippen LogP contribution in [0.2, 0.25) is 0 Å². The monoisotopic (exact) mass is 250 g/mol. The molecule has 1 amide bonds. The number of hydrogen-bond acceptors (Lipinski definition) is 3. The summed E-state index contributed by atoms with van der Waals surface area (Å²) in [5.41, 5.74) is 1.81. The van der Waals surface area contributed by atoms with Gasteiger partial charge in [-0.15, -0.1) is 0 Å². The summed E-state index contributed by atoms with van der Waals surface area (Å²) >= 11 is 0. The van der Waals surface area contributed by atoms with Crippen molar-refractivity contribution in [1.82, 2.24) is 15.1 Å². The maximum absolute atomic E-state index is 11.9. The summed E-state index contributed by atoms with van der Waals surface area (Å²) < 4.78 is 1.75. The van der Waals surface area contributed by atoms with Gasteiger partial charge in [-0.25, -0.2) is 0 Å². The zero-order chi connectivity index (χ0) is 13.0. The van der Waals surface area contributed by atoms with Gasteiger partial charge < -0.3 is 10.6 Å². The Morgan fingerprint density at radius 1 is 1.67 bits per heavy atom. The molecular weight excluding hydrogens is 228 g/mol. The van der Waals surface area contributed by atoms with Gasteiger partial charge in [-0.1, -0.05) is 6.92 Å². The van der Waals surface area contributed by atoms with Crippen molar-refractivity contribution in [2.45, 2.75) is 32.6 Å². The number of aromatic nitrogens is 2. The SMILES string of the molecule is CCc1nn(C)cc1NC(=O)CCC1CCNC1.